The van der Waals surface area contributed by atoms with Gasteiger partial charge in [-0.3, -0.25) is 0 Å². The number of nitrogens with one attached hydrogen (secondary N) is 2. The first-order chi connectivity index (χ1) is 13.6. The molecular weight excluding hydrogens is 356 g/mol. The predicted octanol–water partition coefficient (Wildman–Crippen LogP) is 3.24. The van der Waals surface area contributed by atoms with E-state index in [1.54, 1.807) is 6.08 Å². The zero-order chi connectivity index (χ0) is 19.9. The number of benzene rings is 1. The Morgan fingerprint density at radius 1 is 1.43 bits per heavy atom. The summed E-state index contributed by atoms with van der Waals surface area (Å²) in [6.45, 7) is 2.52. The minimum absolute atomic E-state index is 0.119. The molecule has 0 aromatic heterocycles. The Morgan fingerprint density at radius 3 is 2.93 bits per heavy atom. The maximum Gasteiger partial charge on any atom is 0.352 e. The highest BCUT2D eigenvalue weighted by atomic mass is 16.5. The van der Waals surface area contributed by atoms with E-state index in [9.17, 15) is 4.79 Å². The Hall–Kier alpha value is -3.27. The number of nitriles is 1. The number of carboxylic acids is 1. The van der Waals surface area contributed by atoms with Crippen LogP contribution < -0.4 is 15.4 Å². The molecule has 1 aromatic carbocycles. The molecule has 28 heavy (non-hydrogen) atoms. The third kappa shape index (κ3) is 4.92. The Balaban J connectivity index is 1.67. The summed E-state index contributed by atoms with van der Waals surface area (Å²) in [5, 5.41) is 24.0. The van der Waals surface area contributed by atoms with Crippen molar-refractivity contribution in [1.29, 1.82) is 5.26 Å². The number of rotatable bonds is 6. The summed E-state index contributed by atoms with van der Waals surface area (Å²) >= 11 is 0. The van der Waals surface area contributed by atoms with E-state index in [-0.39, 0.29) is 17.7 Å². The highest BCUT2D eigenvalue weighted by Crippen LogP contribution is 2.30. The summed E-state index contributed by atoms with van der Waals surface area (Å²) < 4.78 is 5.74. The molecule has 2 aliphatic rings. The van der Waals surface area contributed by atoms with E-state index in [1.807, 2.05) is 31.2 Å². The lowest BCUT2D eigenvalue weighted by Gasteiger charge is -2.28. The van der Waals surface area contributed by atoms with E-state index in [4.69, 9.17) is 15.1 Å². The number of hydrogen-bond acceptors (Lipinski definition) is 6. The minimum Gasteiger partial charge on any atom is -0.493 e. The molecule has 0 amide bonds. The zero-order valence-electron chi connectivity index (χ0n) is 15.8. The van der Waals surface area contributed by atoms with Crippen LogP contribution in [0.4, 0.5) is 0 Å². The van der Waals surface area contributed by atoms with Crippen molar-refractivity contribution in [1.82, 2.24) is 10.6 Å². The molecule has 7 heteroatoms. The normalized spacial score (nSPS) is 22.3. The molecule has 0 aliphatic carbocycles. The van der Waals surface area contributed by atoms with E-state index in [0.717, 1.165) is 36.3 Å². The molecule has 1 saturated heterocycles. The maximum atomic E-state index is 11.2. The average Bonchev–Trinajstić information content (AvgIpc) is 2.73. The molecule has 0 radical (unpaired) electrons. The Morgan fingerprint density at radius 2 is 2.21 bits per heavy atom. The first-order valence-electron chi connectivity index (χ1n) is 9.40. The van der Waals surface area contributed by atoms with Gasteiger partial charge in [0.15, 0.2) is 0 Å². The number of carbonyl (C=O) groups is 1. The number of ether oxygens (including phenoxy) is 1. The Bertz CT molecular complexity index is 849. The lowest BCUT2D eigenvalue weighted by molar-refractivity contribution is -0.132. The van der Waals surface area contributed by atoms with Crippen LogP contribution >= 0.6 is 0 Å². The fourth-order valence-corrected chi connectivity index (χ4v) is 3.21. The van der Waals surface area contributed by atoms with Crippen molar-refractivity contribution < 1.29 is 14.6 Å². The van der Waals surface area contributed by atoms with Gasteiger partial charge < -0.3 is 20.5 Å². The molecule has 7 nitrogen and oxygen atoms in total. The van der Waals surface area contributed by atoms with Crippen LogP contribution in [0.5, 0.6) is 5.75 Å². The standard InChI is InChI=1S/C21H24N4O3/c1-14(9-10-22)12-28-16-7-5-15(6-8-16)17-3-2-4-18(25-17)19-11-20(21(26)27)24-13-23-19/h5-8,11,13-14,17,25H,2-4,9,12H2,1H3,(H,23,24)(H,26,27)/b19-18-. The smallest absolute Gasteiger partial charge is 0.352 e. The molecule has 3 rings (SSSR count). The number of nitrogens with zero attached hydrogens (tertiary/aromatic N) is 2. The molecule has 2 aliphatic heterocycles. The second-order valence-electron chi connectivity index (χ2n) is 7.07. The van der Waals surface area contributed by atoms with Gasteiger partial charge in [-0.05, 0) is 43.0 Å². The molecule has 1 aromatic rings. The van der Waals surface area contributed by atoms with Gasteiger partial charge in [0.25, 0.3) is 0 Å². The van der Waals surface area contributed by atoms with Crippen LogP contribution in [0.2, 0.25) is 0 Å². The number of carboxylic acid groups (broad SMARTS) is 1. The molecular formula is C21H24N4O3. The molecule has 0 bridgehead atoms. The van der Waals surface area contributed by atoms with Gasteiger partial charge in [-0.2, -0.15) is 5.26 Å². The quantitative estimate of drug-likeness (QED) is 0.699. The molecule has 146 valence electrons. The highest BCUT2D eigenvalue weighted by Gasteiger charge is 2.21. The largest absolute Gasteiger partial charge is 0.493 e. The van der Waals surface area contributed by atoms with Gasteiger partial charge in [-0.15, -0.1) is 0 Å². The number of hydrogen-bond donors (Lipinski definition) is 3. The predicted molar refractivity (Wildman–Crippen MR) is 105 cm³/mol. The van der Waals surface area contributed by atoms with Crippen LogP contribution in [0.15, 0.2) is 52.4 Å². The monoisotopic (exact) mass is 380 g/mol. The fraction of sp³-hybridized carbons (Fsp3) is 0.381. The first kappa shape index (κ1) is 19.5. The van der Waals surface area contributed by atoms with Crippen molar-refractivity contribution in [3.63, 3.8) is 0 Å². The van der Waals surface area contributed by atoms with Gasteiger partial charge in [0.2, 0.25) is 0 Å². The molecule has 1 fully saturated rings. The number of piperidine rings is 1. The topological polar surface area (TPSA) is 107 Å². The van der Waals surface area contributed by atoms with Gasteiger partial charge in [0.1, 0.15) is 11.4 Å². The van der Waals surface area contributed by atoms with Crippen LogP contribution in [0.3, 0.4) is 0 Å². The fourth-order valence-electron chi connectivity index (χ4n) is 3.21. The van der Waals surface area contributed by atoms with Crippen molar-refractivity contribution in [2.75, 3.05) is 6.61 Å². The van der Waals surface area contributed by atoms with E-state index in [0.29, 0.717) is 18.7 Å². The zero-order valence-corrected chi connectivity index (χ0v) is 15.8. The SMILES string of the molecule is CC(CC#N)COc1ccc(C2CCC/C(=C3\C=C(C(=O)O)NC=N3)N2)cc1. The van der Waals surface area contributed by atoms with Gasteiger partial charge in [0, 0.05) is 18.0 Å². The van der Waals surface area contributed by atoms with Gasteiger partial charge in [-0.25, -0.2) is 9.79 Å². The summed E-state index contributed by atoms with van der Waals surface area (Å²) in [5.74, 6) is -0.00985. The second-order valence-corrected chi connectivity index (χ2v) is 7.07. The number of aliphatic carboxylic acids is 1. The van der Waals surface area contributed by atoms with Crippen molar-refractivity contribution >= 4 is 12.3 Å². The summed E-state index contributed by atoms with van der Waals surface area (Å²) in [5.41, 5.74) is 2.88. The van der Waals surface area contributed by atoms with E-state index in [2.05, 4.69) is 21.7 Å². The van der Waals surface area contributed by atoms with Crippen molar-refractivity contribution in [2.45, 2.75) is 38.6 Å². The number of aliphatic imine (C=N–C) groups is 1. The number of allylic oxidation sites excluding steroid dienone is 2. The van der Waals surface area contributed by atoms with Crippen LogP contribution in [-0.2, 0) is 4.79 Å². The summed E-state index contributed by atoms with van der Waals surface area (Å²) in [7, 11) is 0. The average molecular weight is 380 g/mol. The maximum absolute atomic E-state index is 11.2. The molecule has 2 heterocycles. The first-order valence-corrected chi connectivity index (χ1v) is 9.40. The van der Waals surface area contributed by atoms with Crippen molar-refractivity contribution in [2.24, 2.45) is 10.9 Å². The third-order valence-corrected chi connectivity index (χ3v) is 4.77. The van der Waals surface area contributed by atoms with Crippen LogP contribution in [0, 0.1) is 17.2 Å². The minimum atomic E-state index is -1.00. The lowest BCUT2D eigenvalue weighted by atomic mass is 9.95. The van der Waals surface area contributed by atoms with E-state index >= 15 is 0 Å². The van der Waals surface area contributed by atoms with Crippen LogP contribution in [-0.4, -0.2) is 24.0 Å². The molecule has 2 atom stereocenters. The lowest BCUT2D eigenvalue weighted by Crippen LogP contribution is -2.28. The van der Waals surface area contributed by atoms with Gasteiger partial charge in [0.05, 0.1) is 30.8 Å². The van der Waals surface area contributed by atoms with Crippen molar-refractivity contribution in [3.05, 3.63) is 53.0 Å². The molecule has 3 N–H and O–H groups in total. The van der Waals surface area contributed by atoms with E-state index in [1.165, 1.54) is 6.34 Å². The van der Waals surface area contributed by atoms with E-state index < -0.39 is 5.97 Å². The van der Waals surface area contributed by atoms with Gasteiger partial charge >= 0.3 is 5.97 Å². The van der Waals surface area contributed by atoms with Crippen molar-refractivity contribution in [3.8, 4) is 11.8 Å². The third-order valence-electron chi connectivity index (χ3n) is 4.77. The summed E-state index contributed by atoms with van der Waals surface area (Å²) in [4.78, 5) is 15.5. The Kier molecular flexibility index (Phi) is 6.33. The van der Waals surface area contributed by atoms with Crippen LogP contribution in [0.25, 0.3) is 0 Å². The highest BCUT2D eigenvalue weighted by molar-refractivity contribution is 5.90. The van der Waals surface area contributed by atoms with Crippen LogP contribution in [0.1, 0.15) is 44.2 Å². The molecule has 0 saturated carbocycles. The Labute approximate surface area is 164 Å². The van der Waals surface area contributed by atoms with Gasteiger partial charge in [-0.1, -0.05) is 19.1 Å². The summed E-state index contributed by atoms with van der Waals surface area (Å²) in [6, 6.07) is 10.3. The summed E-state index contributed by atoms with van der Waals surface area (Å²) in [6.07, 6.45) is 6.29. The second kappa shape index (κ2) is 9.09. The molecule has 2 unspecified atom stereocenters. The molecule has 0 spiro atoms.